The number of fused-ring (bicyclic) bond motifs is 13. The van der Waals surface area contributed by atoms with Crippen LogP contribution in [0.5, 0.6) is 0 Å². The largest absolute Gasteiger partial charge is 0.310 e. The van der Waals surface area contributed by atoms with Gasteiger partial charge in [-0.15, -0.1) is 0 Å². The maximum atomic E-state index is 10.9. The molecule has 0 fully saturated rings. The molecule has 0 radical (unpaired) electrons. The molecule has 2 aromatic heterocycles. The van der Waals surface area contributed by atoms with E-state index in [1.54, 1.807) is 0 Å². The van der Waals surface area contributed by atoms with Crippen LogP contribution in [0.1, 0.15) is 27.8 Å². The second-order valence-corrected chi connectivity index (χ2v) is 16.4. The minimum absolute atomic E-state index is 0.273. The lowest BCUT2D eigenvalue weighted by atomic mass is 9.67. The van der Waals surface area contributed by atoms with Gasteiger partial charge in [0.15, 0.2) is 17.5 Å². The van der Waals surface area contributed by atoms with Gasteiger partial charge in [0.05, 0.1) is 34.7 Å². The summed E-state index contributed by atoms with van der Waals surface area (Å²) in [5.41, 5.74) is 12.2. The molecule has 2 aliphatic rings. The lowest BCUT2D eigenvalue weighted by Crippen LogP contribution is -2.31. The molecule has 1 aliphatic heterocycles. The number of nitriles is 1. The molecule has 12 rings (SSSR count). The highest BCUT2D eigenvalue weighted by molar-refractivity contribution is 7.99. The SMILES string of the molecule is [C-]#[N+]c1cc(-n2c3ccccc3c3c4c(ccc32)C2(c3ccccc3Sc3ccccc32)c2ccccc2-4)cc(C#N)c1-c1nc(-c2ccccc2)nc(-c2ccccc2)n1. The molecule has 0 N–H and O–H groups in total. The molecule has 0 atom stereocenters. The van der Waals surface area contributed by atoms with E-state index in [-0.39, 0.29) is 11.5 Å². The minimum Gasteiger partial charge on any atom is -0.310 e. The lowest BCUT2D eigenvalue weighted by Gasteiger charge is -2.39. The van der Waals surface area contributed by atoms with Crippen LogP contribution < -0.4 is 0 Å². The Balaban J connectivity index is 1.12. The fourth-order valence-electron chi connectivity index (χ4n) is 9.75. The second-order valence-electron chi connectivity index (χ2n) is 15.3. The van der Waals surface area contributed by atoms with E-state index in [1.807, 2.05) is 84.6 Å². The normalized spacial score (nSPS) is 13.0. The molecule has 0 bridgehead atoms. The standard InChI is InChI=1S/C54H30N6S/c1-56-43-31-36(30-35(32-55)48(43)53-58-51(33-16-4-2-5-17-33)57-52(59-53)34-18-6-3-7-19-34)60-44-25-13-9-21-38(44)50-45(60)29-28-42-49(50)37-20-8-10-22-39(37)54(42)40-23-11-14-26-46(40)61-47-27-15-12-24-41(47)54/h2-31H. The molecule has 3 heterocycles. The summed E-state index contributed by atoms with van der Waals surface area (Å²) >= 11 is 1.84. The van der Waals surface area contributed by atoms with Crippen molar-refractivity contribution in [2.24, 2.45) is 0 Å². The van der Waals surface area contributed by atoms with Gasteiger partial charge in [-0.25, -0.2) is 19.8 Å². The maximum absolute atomic E-state index is 10.9. The maximum Gasteiger partial charge on any atom is 0.201 e. The number of hydrogen-bond donors (Lipinski definition) is 0. The summed E-state index contributed by atoms with van der Waals surface area (Å²) < 4.78 is 2.20. The number of para-hydroxylation sites is 1. The smallest absolute Gasteiger partial charge is 0.201 e. The Morgan fingerprint density at radius 2 is 1.11 bits per heavy atom. The molecule has 10 aromatic rings. The number of benzene rings is 8. The van der Waals surface area contributed by atoms with Crippen molar-refractivity contribution in [3.8, 4) is 57.0 Å². The van der Waals surface area contributed by atoms with Crippen LogP contribution >= 0.6 is 11.8 Å². The van der Waals surface area contributed by atoms with Crippen LogP contribution in [0.4, 0.5) is 5.69 Å². The van der Waals surface area contributed by atoms with Crippen molar-refractivity contribution in [3.63, 3.8) is 0 Å². The molecule has 6 nitrogen and oxygen atoms in total. The Hall–Kier alpha value is -8.10. The summed E-state index contributed by atoms with van der Waals surface area (Å²) in [6.45, 7) is 8.53. The zero-order chi connectivity index (χ0) is 40.7. The molecule has 282 valence electrons. The zero-order valence-corrected chi connectivity index (χ0v) is 33.2. The van der Waals surface area contributed by atoms with Gasteiger partial charge in [-0.05, 0) is 69.8 Å². The first-order valence-corrected chi connectivity index (χ1v) is 20.9. The Kier molecular flexibility index (Phi) is 7.71. The molecule has 8 aromatic carbocycles. The van der Waals surface area contributed by atoms with Crippen LogP contribution in [0.25, 0.3) is 77.6 Å². The van der Waals surface area contributed by atoms with Crippen LogP contribution in [0, 0.1) is 17.9 Å². The first kappa shape index (κ1) is 34.9. The quantitative estimate of drug-likeness (QED) is 0.166. The molecule has 0 unspecified atom stereocenters. The van der Waals surface area contributed by atoms with E-state index < -0.39 is 5.41 Å². The van der Waals surface area contributed by atoms with Gasteiger partial charge in [0, 0.05) is 42.9 Å². The van der Waals surface area contributed by atoms with Gasteiger partial charge in [0.1, 0.15) is 0 Å². The Morgan fingerprint density at radius 1 is 0.541 bits per heavy atom. The van der Waals surface area contributed by atoms with Crippen molar-refractivity contribution < 1.29 is 0 Å². The van der Waals surface area contributed by atoms with Gasteiger partial charge < -0.3 is 4.57 Å². The summed E-state index contributed by atoms with van der Waals surface area (Å²) in [4.78, 5) is 21.3. The predicted octanol–water partition coefficient (Wildman–Crippen LogP) is 13.2. The summed E-state index contributed by atoms with van der Waals surface area (Å²) in [6, 6.07) is 65.2. The van der Waals surface area contributed by atoms with Crippen molar-refractivity contribution in [1.82, 2.24) is 19.5 Å². The van der Waals surface area contributed by atoms with Gasteiger partial charge >= 0.3 is 0 Å². The number of aromatic nitrogens is 4. The average molecular weight is 795 g/mol. The highest BCUT2D eigenvalue weighted by Crippen LogP contribution is 2.63. The lowest BCUT2D eigenvalue weighted by molar-refractivity contribution is 0.723. The minimum atomic E-state index is -0.517. The monoisotopic (exact) mass is 794 g/mol. The first-order valence-electron chi connectivity index (χ1n) is 20.0. The van der Waals surface area contributed by atoms with Crippen molar-refractivity contribution >= 4 is 39.3 Å². The van der Waals surface area contributed by atoms with E-state index >= 15 is 0 Å². The molecule has 0 saturated heterocycles. The van der Waals surface area contributed by atoms with Gasteiger partial charge in [0.25, 0.3) is 0 Å². The van der Waals surface area contributed by atoms with Crippen molar-refractivity contribution in [1.29, 1.82) is 5.26 Å². The molecular formula is C54H30N6S. The second kappa shape index (κ2) is 13.5. The van der Waals surface area contributed by atoms with E-state index in [0.29, 0.717) is 28.5 Å². The number of rotatable bonds is 4. The van der Waals surface area contributed by atoms with Crippen LogP contribution in [0.2, 0.25) is 0 Å². The first-order chi connectivity index (χ1) is 30.2. The highest BCUT2D eigenvalue weighted by Gasteiger charge is 2.50. The molecule has 7 heteroatoms. The average Bonchev–Trinajstić information content (AvgIpc) is 3.82. The predicted molar refractivity (Wildman–Crippen MR) is 243 cm³/mol. The fourth-order valence-corrected chi connectivity index (χ4v) is 10.9. The van der Waals surface area contributed by atoms with Gasteiger partial charge in [0.2, 0.25) is 5.69 Å². The summed E-state index contributed by atoms with van der Waals surface area (Å²) in [7, 11) is 0. The molecule has 1 aliphatic carbocycles. The number of nitrogens with zero attached hydrogens (tertiary/aromatic N) is 6. The topological polar surface area (TPSA) is 71.8 Å². The van der Waals surface area contributed by atoms with Crippen LogP contribution in [0.15, 0.2) is 192 Å². The van der Waals surface area contributed by atoms with Crippen molar-refractivity contribution in [3.05, 3.63) is 221 Å². The molecule has 0 amide bonds. The summed E-state index contributed by atoms with van der Waals surface area (Å²) in [6.07, 6.45) is 0. The van der Waals surface area contributed by atoms with E-state index in [4.69, 9.17) is 21.5 Å². The Bertz CT molecular complexity index is 3400. The van der Waals surface area contributed by atoms with Crippen LogP contribution in [-0.2, 0) is 5.41 Å². The molecule has 0 saturated carbocycles. The van der Waals surface area contributed by atoms with Crippen molar-refractivity contribution in [2.75, 3.05) is 0 Å². The van der Waals surface area contributed by atoms with Gasteiger partial charge in [-0.3, -0.25) is 0 Å². The third kappa shape index (κ3) is 4.99. The van der Waals surface area contributed by atoms with Gasteiger partial charge in [-0.2, -0.15) is 5.26 Å². The zero-order valence-electron chi connectivity index (χ0n) is 32.4. The Morgan fingerprint density at radius 3 is 1.77 bits per heavy atom. The Labute approximate surface area is 355 Å². The number of hydrogen-bond acceptors (Lipinski definition) is 5. The summed E-state index contributed by atoms with van der Waals surface area (Å²) in [5.74, 6) is 1.20. The molecular weight excluding hydrogens is 765 g/mol. The van der Waals surface area contributed by atoms with Crippen molar-refractivity contribution in [2.45, 2.75) is 15.2 Å². The van der Waals surface area contributed by atoms with Crippen LogP contribution in [0.3, 0.4) is 0 Å². The van der Waals surface area contributed by atoms with E-state index in [9.17, 15) is 5.26 Å². The van der Waals surface area contributed by atoms with E-state index in [0.717, 1.165) is 32.9 Å². The fraction of sp³-hybridized carbons (Fsp3) is 0.0185. The van der Waals surface area contributed by atoms with Crippen LogP contribution in [-0.4, -0.2) is 19.5 Å². The summed E-state index contributed by atoms with van der Waals surface area (Å²) in [5, 5.41) is 13.2. The third-order valence-corrected chi connectivity index (χ3v) is 13.3. The van der Waals surface area contributed by atoms with E-state index in [1.165, 1.54) is 43.2 Å². The molecule has 61 heavy (non-hydrogen) atoms. The third-order valence-electron chi connectivity index (χ3n) is 12.2. The highest BCUT2D eigenvalue weighted by atomic mass is 32.2. The van der Waals surface area contributed by atoms with E-state index in [2.05, 4.69) is 125 Å². The molecule has 1 spiro atoms. The van der Waals surface area contributed by atoms with Gasteiger partial charge in [-0.1, -0.05) is 157 Å².